The Balaban J connectivity index is 1.27. The molecule has 8 aromatic carbocycles. The van der Waals surface area contributed by atoms with Crippen LogP contribution < -0.4 is 4.90 Å². The Kier molecular flexibility index (Phi) is 8.16. The Labute approximate surface area is 320 Å². The van der Waals surface area contributed by atoms with Crippen LogP contribution in [0.4, 0.5) is 17.1 Å². The molecule has 0 radical (unpaired) electrons. The number of fused-ring (bicyclic) bond motifs is 5. The Morgan fingerprint density at radius 1 is 0.345 bits per heavy atom. The molecular formula is C52H35N3. The van der Waals surface area contributed by atoms with Crippen molar-refractivity contribution in [3.63, 3.8) is 0 Å². The maximum atomic E-state index is 5.62. The van der Waals surface area contributed by atoms with Crippen molar-refractivity contribution in [2.75, 3.05) is 4.90 Å². The minimum absolute atomic E-state index is 0.931. The van der Waals surface area contributed by atoms with E-state index in [1.807, 2.05) is 12.1 Å². The summed E-state index contributed by atoms with van der Waals surface area (Å²) in [7, 11) is 0. The van der Waals surface area contributed by atoms with Crippen LogP contribution in [0.25, 0.3) is 77.3 Å². The lowest BCUT2D eigenvalue weighted by molar-refractivity contribution is 1.29. The van der Waals surface area contributed by atoms with Gasteiger partial charge in [0.1, 0.15) is 0 Å². The number of hydrogen-bond acceptors (Lipinski definition) is 3. The van der Waals surface area contributed by atoms with Gasteiger partial charge in [0.2, 0.25) is 0 Å². The molecule has 10 rings (SSSR count). The second kappa shape index (κ2) is 13.9. The molecule has 2 aromatic heterocycles. The van der Waals surface area contributed by atoms with E-state index in [9.17, 15) is 0 Å². The lowest BCUT2D eigenvalue weighted by Gasteiger charge is -2.27. The molecule has 0 atom stereocenters. The SMILES string of the molecule is c1ccc(-c2cc(-c3ccccc3-c3nc4cccc(N(c5ccccc5)c5ccccc5)c4c4c3ccc3ccccc34)cc(-c3ccccc3)n2)cc1. The summed E-state index contributed by atoms with van der Waals surface area (Å²) in [5.74, 6) is 0. The van der Waals surface area contributed by atoms with Gasteiger partial charge in [0.25, 0.3) is 0 Å². The zero-order valence-electron chi connectivity index (χ0n) is 30.0. The van der Waals surface area contributed by atoms with Crippen LogP contribution in [0.2, 0.25) is 0 Å². The lowest BCUT2D eigenvalue weighted by atomic mass is 9.90. The van der Waals surface area contributed by atoms with Gasteiger partial charge in [-0.15, -0.1) is 0 Å². The average molecular weight is 702 g/mol. The largest absolute Gasteiger partial charge is 0.310 e. The summed E-state index contributed by atoms with van der Waals surface area (Å²) in [5.41, 5.74) is 12.4. The summed E-state index contributed by atoms with van der Waals surface area (Å²) in [6.07, 6.45) is 0. The summed E-state index contributed by atoms with van der Waals surface area (Å²) in [6.45, 7) is 0. The topological polar surface area (TPSA) is 29.0 Å². The second-order valence-electron chi connectivity index (χ2n) is 13.8. The molecular weight excluding hydrogens is 667 g/mol. The number of para-hydroxylation sites is 2. The molecule has 3 nitrogen and oxygen atoms in total. The molecule has 0 aliphatic rings. The number of anilines is 3. The number of nitrogens with zero attached hydrogens (tertiary/aromatic N) is 3. The molecule has 2 heterocycles. The molecule has 0 bridgehead atoms. The van der Waals surface area contributed by atoms with Crippen LogP contribution in [-0.4, -0.2) is 9.97 Å². The summed E-state index contributed by atoms with van der Waals surface area (Å²) in [6, 6.07) is 75.0. The van der Waals surface area contributed by atoms with Crippen LogP contribution in [0.3, 0.4) is 0 Å². The Hall–Kier alpha value is -7.36. The molecule has 0 unspecified atom stereocenters. The van der Waals surface area contributed by atoms with Gasteiger partial charge >= 0.3 is 0 Å². The number of hydrogen-bond donors (Lipinski definition) is 0. The van der Waals surface area contributed by atoms with E-state index < -0.39 is 0 Å². The van der Waals surface area contributed by atoms with Crippen molar-refractivity contribution in [3.8, 4) is 44.9 Å². The second-order valence-corrected chi connectivity index (χ2v) is 13.8. The Bertz CT molecular complexity index is 2860. The molecule has 0 saturated carbocycles. The van der Waals surface area contributed by atoms with Crippen molar-refractivity contribution in [2.45, 2.75) is 0 Å². The third-order valence-corrected chi connectivity index (χ3v) is 10.4. The zero-order valence-corrected chi connectivity index (χ0v) is 30.0. The van der Waals surface area contributed by atoms with Gasteiger partial charge in [-0.1, -0.05) is 164 Å². The zero-order chi connectivity index (χ0) is 36.6. The summed E-state index contributed by atoms with van der Waals surface area (Å²) in [5, 5.41) is 5.79. The van der Waals surface area contributed by atoms with E-state index in [0.29, 0.717) is 0 Å². The number of benzene rings is 8. The van der Waals surface area contributed by atoms with Crippen LogP contribution in [0.15, 0.2) is 212 Å². The number of aromatic nitrogens is 2. The van der Waals surface area contributed by atoms with Gasteiger partial charge in [-0.25, -0.2) is 9.97 Å². The molecule has 10 aromatic rings. The molecule has 258 valence electrons. The lowest BCUT2D eigenvalue weighted by Crippen LogP contribution is -2.10. The number of pyridine rings is 2. The van der Waals surface area contributed by atoms with Crippen molar-refractivity contribution in [2.24, 2.45) is 0 Å². The van der Waals surface area contributed by atoms with Crippen molar-refractivity contribution in [1.82, 2.24) is 9.97 Å². The number of rotatable bonds is 7. The fourth-order valence-electron chi connectivity index (χ4n) is 7.91. The Morgan fingerprint density at radius 2 is 0.891 bits per heavy atom. The van der Waals surface area contributed by atoms with E-state index in [-0.39, 0.29) is 0 Å². The third kappa shape index (κ3) is 5.89. The predicted molar refractivity (Wildman–Crippen MR) is 231 cm³/mol. The molecule has 55 heavy (non-hydrogen) atoms. The summed E-state index contributed by atoms with van der Waals surface area (Å²) >= 11 is 0. The minimum atomic E-state index is 0.931. The van der Waals surface area contributed by atoms with E-state index in [2.05, 4.69) is 205 Å². The first kappa shape index (κ1) is 32.3. The fraction of sp³-hybridized carbons (Fsp3) is 0. The standard InChI is InChI=1S/C52H35N3/c1-5-19-37(20-6-1)47-34-39(35-48(53-47)38-21-7-2-8-22-38)42-27-15-16-29-44(42)52-45-33-32-36-18-13-14-28-43(36)50(45)51-46(54-52)30-17-31-49(51)55(40-23-9-3-10-24-40)41-25-11-4-12-26-41/h1-35H. The van der Waals surface area contributed by atoms with E-state index in [1.54, 1.807) is 0 Å². The maximum absolute atomic E-state index is 5.62. The average Bonchev–Trinajstić information content (AvgIpc) is 3.27. The molecule has 0 N–H and O–H groups in total. The molecule has 0 amide bonds. The van der Waals surface area contributed by atoms with Crippen LogP contribution in [0.5, 0.6) is 0 Å². The molecule has 0 spiro atoms. The van der Waals surface area contributed by atoms with Gasteiger partial charge in [-0.3, -0.25) is 0 Å². The smallest absolute Gasteiger partial charge is 0.0794 e. The van der Waals surface area contributed by atoms with Crippen molar-refractivity contribution in [1.29, 1.82) is 0 Å². The Morgan fingerprint density at radius 3 is 1.53 bits per heavy atom. The summed E-state index contributed by atoms with van der Waals surface area (Å²) in [4.78, 5) is 13.2. The van der Waals surface area contributed by atoms with Gasteiger partial charge in [0.05, 0.1) is 28.3 Å². The van der Waals surface area contributed by atoms with E-state index >= 15 is 0 Å². The van der Waals surface area contributed by atoms with Gasteiger partial charge in [-0.05, 0) is 70.4 Å². The summed E-state index contributed by atoms with van der Waals surface area (Å²) < 4.78 is 0. The highest BCUT2D eigenvalue weighted by molar-refractivity contribution is 6.26. The van der Waals surface area contributed by atoms with Gasteiger partial charge in [0.15, 0.2) is 0 Å². The molecule has 0 aliphatic carbocycles. The highest BCUT2D eigenvalue weighted by Gasteiger charge is 2.22. The van der Waals surface area contributed by atoms with Gasteiger partial charge in [0, 0.05) is 44.2 Å². The van der Waals surface area contributed by atoms with Crippen LogP contribution in [0, 0.1) is 0 Å². The normalized spacial score (nSPS) is 11.3. The predicted octanol–water partition coefficient (Wildman–Crippen LogP) is 14.1. The molecule has 3 heteroatoms. The highest BCUT2D eigenvalue weighted by atomic mass is 15.1. The first-order chi connectivity index (χ1) is 27.3. The highest BCUT2D eigenvalue weighted by Crippen LogP contribution is 2.46. The molecule has 0 aliphatic heterocycles. The third-order valence-electron chi connectivity index (χ3n) is 10.4. The fourth-order valence-corrected chi connectivity index (χ4v) is 7.91. The van der Waals surface area contributed by atoms with E-state index in [1.165, 1.54) is 16.2 Å². The van der Waals surface area contributed by atoms with Crippen LogP contribution in [-0.2, 0) is 0 Å². The van der Waals surface area contributed by atoms with Crippen LogP contribution >= 0.6 is 0 Å². The van der Waals surface area contributed by atoms with Crippen molar-refractivity contribution in [3.05, 3.63) is 212 Å². The molecule has 0 saturated heterocycles. The quantitative estimate of drug-likeness (QED) is 0.155. The first-order valence-electron chi connectivity index (χ1n) is 18.7. The van der Waals surface area contributed by atoms with Crippen molar-refractivity contribution >= 4 is 49.5 Å². The van der Waals surface area contributed by atoms with Gasteiger partial charge in [-0.2, -0.15) is 0 Å². The van der Waals surface area contributed by atoms with E-state index in [0.717, 1.165) is 78.3 Å². The minimum Gasteiger partial charge on any atom is -0.310 e. The molecule has 0 fully saturated rings. The van der Waals surface area contributed by atoms with Crippen molar-refractivity contribution < 1.29 is 0 Å². The first-order valence-corrected chi connectivity index (χ1v) is 18.7. The monoisotopic (exact) mass is 701 g/mol. The van der Waals surface area contributed by atoms with Gasteiger partial charge < -0.3 is 4.90 Å². The van der Waals surface area contributed by atoms with E-state index in [4.69, 9.17) is 9.97 Å². The maximum Gasteiger partial charge on any atom is 0.0794 e. The van der Waals surface area contributed by atoms with Crippen LogP contribution in [0.1, 0.15) is 0 Å².